The number of rotatable bonds is 9. The van der Waals surface area contributed by atoms with E-state index in [2.05, 4.69) is 13.8 Å². The van der Waals surface area contributed by atoms with Crippen LogP contribution in [0.5, 0.6) is 0 Å². The third-order valence-electron chi connectivity index (χ3n) is 4.02. The van der Waals surface area contributed by atoms with Crippen LogP contribution in [-0.2, 0) is 18.9 Å². The molecule has 0 aromatic heterocycles. The van der Waals surface area contributed by atoms with Crippen LogP contribution in [0.3, 0.4) is 0 Å². The summed E-state index contributed by atoms with van der Waals surface area (Å²) in [6.45, 7) is 8.43. The van der Waals surface area contributed by atoms with Gasteiger partial charge in [0.25, 0.3) is 0 Å². The Balaban J connectivity index is 1.54. The molecule has 4 nitrogen and oxygen atoms in total. The van der Waals surface area contributed by atoms with Gasteiger partial charge >= 0.3 is 0 Å². The average molecular weight is 286 g/mol. The summed E-state index contributed by atoms with van der Waals surface area (Å²) in [7, 11) is 0. The second-order valence-electron chi connectivity index (χ2n) is 6.19. The number of ether oxygens (including phenoxy) is 4. The summed E-state index contributed by atoms with van der Waals surface area (Å²) in [5, 5.41) is 0. The highest BCUT2D eigenvalue weighted by Gasteiger charge is 2.27. The van der Waals surface area contributed by atoms with E-state index in [0.29, 0.717) is 24.2 Å². The van der Waals surface area contributed by atoms with Crippen LogP contribution in [0.1, 0.15) is 46.0 Å². The van der Waals surface area contributed by atoms with Crippen molar-refractivity contribution in [3.05, 3.63) is 0 Å². The first-order chi connectivity index (χ1) is 9.78. The van der Waals surface area contributed by atoms with Gasteiger partial charge in [-0.25, -0.2) is 0 Å². The van der Waals surface area contributed by atoms with E-state index < -0.39 is 0 Å². The Bertz CT molecular complexity index is 253. The molecule has 0 aromatic carbocycles. The lowest BCUT2D eigenvalue weighted by Crippen LogP contribution is -2.22. The zero-order valence-corrected chi connectivity index (χ0v) is 13.0. The fourth-order valence-corrected chi connectivity index (χ4v) is 2.90. The Morgan fingerprint density at radius 1 is 1.20 bits per heavy atom. The smallest absolute Gasteiger partial charge is 0.0830 e. The van der Waals surface area contributed by atoms with E-state index in [1.54, 1.807) is 0 Å². The third-order valence-corrected chi connectivity index (χ3v) is 4.02. The normalized spacial score (nSPS) is 31.8. The second kappa shape index (κ2) is 8.98. The van der Waals surface area contributed by atoms with Gasteiger partial charge in [-0.15, -0.1) is 0 Å². The maximum absolute atomic E-state index is 6.05. The molecule has 4 heteroatoms. The van der Waals surface area contributed by atoms with Gasteiger partial charge in [0.1, 0.15) is 0 Å². The van der Waals surface area contributed by atoms with Crippen molar-refractivity contribution in [2.75, 3.05) is 33.0 Å². The monoisotopic (exact) mass is 286 g/mol. The molecule has 20 heavy (non-hydrogen) atoms. The molecule has 0 saturated carbocycles. The highest BCUT2D eigenvalue weighted by molar-refractivity contribution is 4.75. The van der Waals surface area contributed by atoms with Crippen molar-refractivity contribution in [3.63, 3.8) is 0 Å². The Morgan fingerprint density at radius 2 is 2.05 bits per heavy atom. The van der Waals surface area contributed by atoms with Gasteiger partial charge in [0.05, 0.1) is 31.5 Å². The fraction of sp³-hybridized carbons (Fsp3) is 1.00. The predicted molar refractivity (Wildman–Crippen MR) is 78.0 cm³/mol. The van der Waals surface area contributed by atoms with E-state index in [-0.39, 0.29) is 0 Å². The molecule has 4 atom stereocenters. The van der Waals surface area contributed by atoms with Crippen LogP contribution < -0.4 is 0 Å². The van der Waals surface area contributed by atoms with Crippen molar-refractivity contribution in [3.8, 4) is 0 Å². The van der Waals surface area contributed by atoms with Gasteiger partial charge in [-0.05, 0) is 38.0 Å². The molecular formula is C16H30O4. The van der Waals surface area contributed by atoms with Gasteiger partial charge < -0.3 is 18.9 Å². The highest BCUT2D eigenvalue weighted by atomic mass is 16.5. The van der Waals surface area contributed by atoms with Crippen molar-refractivity contribution < 1.29 is 18.9 Å². The minimum Gasteiger partial charge on any atom is -0.379 e. The lowest BCUT2D eigenvalue weighted by atomic mass is 10.0. The van der Waals surface area contributed by atoms with Gasteiger partial charge in [0.15, 0.2) is 0 Å². The van der Waals surface area contributed by atoms with E-state index in [1.807, 2.05) is 0 Å². The zero-order chi connectivity index (χ0) is 14.2. The molecule has 2 rings (SSSR count). The molecule has 2 aliphatic rings. The molecule has 0 aromatic rings. The van der Waals surface area contributed by atoms with Gasteiger partial charge in [-0.1, -0.05) is 13.8 Å². The van der Waals surface area contributed by atoms with Gasteiger partial charge in [-0.2, -0.15) is 0 Å². The molecule has 0 aliphatic carbocycles. The summed E-state index contributed by atoms with van der Waals surface area (Å²) in [4.78, 5) is 0. The lowest BCUT2D eigenvalue weighted by molar-refractivity contribution is -0.0307. The maximum Gasteiger partial charge on any atom is 0.0830 e. The minimum atomic E-state index is 0.308. The van der Waals surface area contributed by atoms with Crippen LogP contribution in [-0.4, -0.2) is 51.3 Å². The van der Waals surface area contributed by atoms with Gasteiger partial charge in [0.2, 0.25) is 0 Å². The lowest BCUT2D eigenvalue weighted by Gasteiger charge is -2.19. The van der Waals surface area contributed by atoms with E-state index in [4.69, 9.17) is 18.9 Å². The molecule has 2 heterocycles. The molecule has 2 fully saturated rings. The average Bonchev–Trinajstić information content (AvgIpc) is 3.08. The van der Waals surface area contributed by atoms with Crippen LogP contribution >= 0.6 is 0 Å². The van der Waals surface area contributed by atoms with Crippen molar-refractivity contribution in [2.24, 2.45) is 5.92 Å². The summed E-state index contributed by atoms with van der Waals surface area (Å²) >= 11 is 0. The molecule has 0 spiro atoms. The Hall–Kier alpha value is -0.160. The quantitative estimate of drug-likeness (QED) is 0.611. The van der Waals surface area contributed by atoms with Crippen LogP contribution in [0.25, 0.3) is 0 Å². The molecule has 2 saturated heterocycles. The van der Waals surface area contributed by atoms with Crippen LogP contribution in [0.2, 0.25) is 0 Å². The van der Waals surface area contributed by atoms with E-state index in [1.165, 1.54) is 0 Å². The molecular weight excluding hydrogens is 256 g/mol. The Kier molecular flexibility index (Phi) is 7.28. The molecule has 0 N–H and O–H groups in total. The van der Waals surface area contributed by atoms with E-state index >= 15 is 0 Å². The molecule has 118 valence electrons. The summed E-state index contributed by atoms with van der Waals surface area (Å²) in [6, 6.07) is 0. The number of hydrogen-bond donors (Lipinski definition) is 0. The summed E-state index contributed by atoms with van der Waals surface area (Å²) in [5.41, 5.74) is 0. The first-order valence-electron chi connectivity index (χ1n) is 8.20. The first kappa shape index (κ1) is 16.2. The third kappa shape index (κ3) is 5.68. The summed E-state index contributed by atoms with van der Waals surface area (Å²) < 4.78 is 22.8. The first-order valence-corrected chi connectivity index (χ1v) is 8.20. The largest absolute Gasteiger partial charge is 0.379 e. The highest BCUT2D eigenvalue weighted by Crippen LogP contribution is 2.25. The molecule has 2 aliphatic heterocycles. The molecule has 0 radical (unpaired) electrons. The molecule has 0 bridgehead atoms. The van der Waals surface area contributed by atoms with E-state index in [0.717, 1.165) is 65.1 Å². The van der Waals surface area contributed by atoms with E-state index in [9.17, 15) is 0 Å². The van der Waals surface area contributed by atoms with Gasteiger partial charge in [-0.3, -0.25) is 0 Å². The Labute approximate surface area is 123 Å². The fourth-order valence-electron chi connectivity index (χ4n) is 2.90. The molecule has 3 unspecified atom stereocenters. The second-order valence-corrected chi connectivity index (χ2v) is 6.19. The zero-order valence-electron chi connectivity index (χ0n) is 13.0. The predicted octanol–water partition coefficient (Wildman–Crippen LogP) is 2.79. The van der Waals surface area contributed by atoms with Crippen LogP contribution in [0.4, 0.5) is 0 Å². The SMILES string of the molecule is CCCOCC1CCC(CC(C)CO[C@@H]2CCOC2)O1. The maximum atomic E-state index is 6.05. The van der Waals surface area contributed by atoms with Crippen molar-refractivity contribution >= 4 is 0 Å². The standard InChI is InChI=1S/C16H30O4/c1-3-7-17-12-16-5-4-14(20-16)9-13(2)10-19-15-6-8-18-11-15/h13-16H,3-12H2,1-2H3/t13?,14?,15-,16?/m1/s1. The van der Waals surface area contributed by atoms with Crippen molar-refractivity contribution in [1.82, 2.24) is 0 Å². The Morgan fingerprint density at radius 3 is 2.80 bits per heavy atom. The van der Waals surface area contributed by atoms with Gasteiger partial charge in [0, 0.05) is 19.8 Å². The topological polar surface area (TPSA) is 36.9 Å². The molecule has 0 amide bonds. The van der Waals surface area contributed by atoms with Crippen molar-refractivity contribution in [2.45, 2.75) is 64.3 Å². The van der Waals surface area contributed by atoms with Crippen LogP contribution in [0, 0.1) is 5.92 Å². The van der Waals surface area contributed by atoms with Crippen molar-refractivity contribution in [1.29, 1.82) is 0 Å². The summed E-state index contributed by atoms with van der Waals surface area (Å²) in [5.74, 6) is 0.552. The summed E-state index contributed by atoms with van der Waals surface area (Å²) in [6.07, 6.45) is 6.54. The minimum absolute atomic E-state index is 0.308. The van der Waals surface area contributed by atoms with Crippen LogP contribution in [0.15, 0.2) is 0 Å². The number of hydrogen-bond acceptors (Lipinski definition) is 4.